The van der Waals surface area contributed by atoms with Crippen LogP contribution in [0, 0.1) is 0 Å². The van der Waals surface area contributed by atoms with Gasteiger partial charge >= 0.3 is 0 Å². The van der Waals surface area contributed by atoms with Crippen molar-refractivity contribution in [1.82, 2.24) is 4.81 Å². The molecule has 0 radical (unpaired) electrons. The lowest BCUT2D eigenvalue weighted by molar-refractivity contribution is 0.391. The molecule has 1 aliphatic heterocycles. The van der Waals surface area contributed by atoms with Crippen molar-refractivity contribution in [1.29, 1.82) is 0 Å². The molecule has 68 valence electrons. The maximum Gasteiger partial charge on any atom is 0.255 e. The third-order valence-electron chi connectivity index (χ3n) is 2.54. The van der Waals surface area contributed by atoms with Gasteiger partial charge < -0.3 is 4.81 Å². The van der Waals surface area contributed by atoms with Gasteiger partial charge in [0.1, 0.15) is 0 Å². The second kappa shape index (κ2) is 3.25. The van der Waals surface area contributed by atoms with Gasteiger partial charge in [-0.15, -0.1) is 5.98 Å². The Bertz CT molecular complexity index is 179. The molecule has 0 aromatic carbocycles. The highest BCUT2D eigenvalue weighted by Gasteiger charge is 2.35. The van der Waals surface area contributed by atoms with Crippen LogP contribution in [0.2, 0.25) is 5.31 Å². The van der Waals surface area contributed by atoms with E-state index in [0.29, 0.717) is 18.2 Å². The first-order valence-corrected chi connectivity index (χ1v) is 4.85. The third-order valence-corrected chi connectivity index (χ3v) is 2.54. The van der Waals surface area contributed by atoms with E-state index in [0.717, 1.165) is 6.54 Å². The van der Waals surface area contributed by atoms with Crippen LogP contribution in [0.5, 0.6) is 0 Å². The topological polar surface area (TPSA) is 3.24 Å². The van der Waals surface area contributed by atoms with E-state index in [-0.39, 0.29) is 0 Å². The van der Waals surface area contributed by atoms with Gasteiger partial charge in [0, 0.05) is 6.54 Å². The van der Waals surface area contributed by atoms with Crippen molar-refractivity contribution in [3.63, 3.8) is 0 Å². The first-order valence-electron chi connectivity index (χ1n) is 4.85. The Morgan fingerprint density at radius 2 is 1.92 bits per heavy atom. The summed E-state index contributed by atoms with van der Waals surface area (Å²) in [4.78, 5) is 2.54. The van der Waals surface area contributed by atoms with Crippen molar-refractivity contribution in [2.45, 2.75) is 46.0 Å². The summed E-state index contributed by atoms with van der Waals surface area (Å²) in [7, 11) is 0. The second-order valence-corrected chi connectivity index (χ2v) is 5.03. The van der Waals surface area contributed by atoms with Gasteiger partial charge in [0.05, 0.1) is 0 Å². The van der Waals surface area contributed by atoms with Crippen molar-refractivity contribution in [3.05, 3.63) is 12.1 Å². The van der Waals surface area contributed by atoms with E-state index in [2.05, 4.69) is 51.5 Å². The van der Waals surface area contributed by atoms with E-state index < -0.39 is 0 Å². The van der Waals surface area contributed by atoms with Gasteiger partial charge in [-0.25, -0.2) is 0 Å². The monoisotopic (exact) mass is 165 g/mol. The minimum atomic E-state index is 0.372. The maximum atomic E-state index is 2.54. The smallest absolute Gasteiger partial charge is 0.255 e. The summed E-state index contributed by atoms with van der Waals surface area (Å²) >= 11 is 0. The summed E-state index contributed by atoms with van der Waals surface area (Å²) in [5, 5.41) is 0.372. The summed E-state index contributed by atoms with van der Waals surface area (Å²) in [6.45, 7) is 13.2. The first-order chi connectivity index (χ1) is 5.43. The normalized spacial score (nSPS) is 19.7. The fourth-order valence-electron chi connectivity index (χ4n) is 1.85. The minimum Gasteiger partial charge on any atom is -0.332 e. The molecule has 12 heavy (non-hydrogen) atoms. The van der Waals surface area contributed by atoms with Gasteiger partial charge in [-0.2, -0.15) is 0 Å². The maximum absolute atomic E-state index is 2.54. The SMILES string of the molecule is CC(C)N1CC=CB1C(C)(C)C. The molecule has 0 aromatic rings. The van der Waals surface area contributed by atoms with Crippen molar-refractivity contribution < 1.29 is 0 Å². The average molecular weight is 165 g/mol. The van der Waals surface area contributed by atoms with Crippen LogP contribution in [0.1, 0.15) is 34.6 Å². The largest absolute Gasteiger partial charge is 0.332 e. The highest BCUT2D eigenvalue weighted by atomic mass is 15.1. The molecular formula is C10H20BN. The van der Waals surface area contributed by atoms with Crippen LogP contribution in [-0.4, -0.2) is 24.2 Å². The third kappa shape index (κ3) is 1.92. The van der Waals surface area contributed by atoms with Crippen LogP contribution in [0.25, 0.3) is 0 Å². The summed E-state index contributed by atoms with van der Waals surface area (Å²) < 4.78 is 0. The molecule has 0 aromatic heterocycles. The highest BCUT2D eigenvalue weighted by Crippen LogP contribution is 2.32. The van der Waals surface area contributed by atoms with Crippen LogP contribution in [0.3, 0.4) is 0 Å². The highest BCUT2D eigenvalue weighted by molar-refractivity contribution is 6.65. The van der Waals surface area contributed by atoms with Gasteiger partial charge in [-0.1, -0.05) is 40.7 Å². The van der Waals surface area contributed by atoms with Gasteiger partial charge in [0.2, 0.25) is 0 Å². The second-order valence-electron chi connectivity index (χ2n) is 5.03. The van der Waals surface area contributed by atoms with E-state index in [1.807, 2.05) is 0 Å². The fourth-order valence-corrected chi connectivity index (χ4v) is 1.85. The Balaban J connectivity index is 2.70. The molecule has 1 nitrogen and oxygen atoms in total. The van der Waals surface area contributed by atoms with E-state index >= 15 is 0 Å². The van der Waals surface area contributed by atoms with Crippen LogP contribution in [0.15, 0.2) is 12.1 Å². The molecule has 0 N–H and O–H groups in total. The molecule has 0 amide bonds. The Hall–Kier alpha value is -0.235. The molecule has 0 saturated heterocycles. The molecule has 1 heterocycles. The van der Waals surface area contributed by atoms with E-state index in [1.165, 1.54) is 0 Å². The van der Waals surface area contributed by atoms with E-state index in [1.54, 1.807) is 0 Å². The Kier molecular flexibility index (Phi) is 2.67. The molecule has 0 saturated carbocycles. The molecule has 0 unspecified atom stereocenters. The molecule has 0 fully saturated rings. The standard InChI is InChI=1S/C10H20BN/c1-9(2)12-8-6-7-11(12)10(3,4)5/h6-7,9H,8H2,1-5H3. The molecule has 1 aliphatic rings. The van der Waals surface area contributed by atoms with E-state index in [4.69, 9.17) is 0 Å². The first kappa shape index (κ1) is 9.85. The molecule has 0 bridgehead atoms. The summed E-state index contributed by atoms with van der Waals surface area (Å²) in [6.07, 6.45) is 2.29. The molecule has 0 atom stereocenters. The Morgan fingerprint density at radius 3 is 2.25 bits per heavy atom. The van der Waals surface area contributed by atoms with Crippen molar-refractivity contribution in [2.75, 3.05) is 6.54 Å². The van der Waals surface area contributed by atoms with Crippen LogP contribution in [0.4, 0.5) is 0 Å². The number of rotatable bonds is 1. The Labute approximate surface area is 76.9 Å². The lowest BCUT2D eigenvalue weighted by Crippen LogP contribution is -2.45. The number of hydrogen-bond donors (Lipinski definition) is 0. The van der Waals surface area contributed by atoms with Crippen molar-refractivity contribution in [3.8, 4) is 0 Å². The van der Waals surface area contributed by atoms with Crippen molar-refractivity contribution >= 4 is 6.85 Å². The van der Waals surface area contributed by atoms with Gasteiger partial charge in [0.25, 0.3) is 6.85 Å². The lowest BCUT2D eigenvalue weighted by atomic mass is 9.43. The number of hydrogen-bond acceptors (Lipinski definition) is 1. The van der Waals surface area contributed by atoms with Gasteiger partial charge in [-0.3, -0.25) is 0 Å². The minimum absolute atomic E-state index is 0.372. The summed E-state index contributed by atoms with van der Waals surface area (Å²) in [6, 6.07) is 0.657. The lowest BCUT2D eigenvalue weighted by Gasteiger charge is -2.34. The quantitative estimate of drug-likeness (QED) is 0.540. The predicted molar refractivity (Wildman–Crippen MR) is 56.5 cm³/mol. The average Bonchev–Trinajstić information content (AvgIpc) is 2.30. The van der Waals surface area contributed by atoms with Crippen LogP contribution in [-0.2, 0) is 0 Å². The zero-order valence-electron chi connectivity index (χ0n) is 8.96. The van der Waals surface area contributed by atoms with Crippen LogP contribution >= 0.6 is 0 Å². The molecule has 0 aliphatic carbocycles. The molecule has 2 heteroatoms. The zero-order chi connectivity index (χ0) is 9.35. The zero-order valence-corrected chi connectivity index (χ0v) is 8.96. The molecular weight excluding hydrogens is 145 g/mol. The molecule has 0 spiro atoms. The van der Waals surface area contributed by atoms with Gasteiger partial charge in [-0.05, 0) is 11.4 Å². The Morgan fingerprint density at radius 1 is 1.33 bits per heavy atom. The number of nitrogens with zero attached hydrogens (tertiary/aromatic N) is 1. The summed E-state index contributed by atoms with van der Waals surface area (Å²) in [5.41, 5.74) is 0. The van der Waals surface area contributed by atoms with E-state index in [9.17, 15) is 0 Å². The molecule has 1 rings (SSSR count). The summed E-state index contributed by atoms with van der Waals surface area (Å²) in [5.74, 6) is 2.35. The van der Waals surface area contributed by atoms with Crippen LogP contribution < -0.4 is 0 Å². The van der Waals surface area contributed by atoms with Gasteiger partial charge in [0.15, 0.2) is 0 Å². The predicted octanol–water partition coefficient (Wildman–Crippen LogP) is 2.60. The fraction of sp³-hybridized carbons (Fsp3) is 0.800. The van der Waals surface area contributed by atoms with Crippen molar-refractivity contribution in [2.24, 2.45) is 0 Å².